The molecule has 1 amide bonds. The predicted octanol–water partition coefficient (Wildman–Crippen LogP) is 2.31. The Hall–Kier alpha value is -0.770. The SMILES string of the molecule is CC(C)C[C@@](C)(CO)OC(=O)NC(C)(C)C. The Bertz CT molecular complexity index is 233. The highest BCUT2D eigenvalue weighted by Crippen LogP contribution is 2.20. The van der Waals surface area contributed by atoms with Crippen LogP contribution in [0.4, 0.5) is 4.79 Å². The molecule has 0 aliphatic heterocycles. The van der Waals surface area contributed by atoms with Gasteiger partial charge in [0.2, 0.25) is 0 Å². The van der Waals surface area contributed by atoms with Gasteiger partial charge in [0.1, 0.15) is 5.60 Å². The summed E-state index contributed by atoms with van der Waals surface area (Å²) in [5, 5.41) is 12.0. The van der Waals surface area contributed by atoms with Gasteiger partial charge in [0.15, 0.2) is 0 Å². The highest BCUT2D eigenvalue weighted by Gasteiger charge is 2.30. The van der Waals surface area contributed by atoms with Gasteiger partial charge in [-0.25, -0.2) is 4.79 Å². The van der Waals surface area contributed by atoms with Crippen LogP contribution in [-0.4, -0.2) is 28.9 Å². The molecule has 0 fully saturated rings. The number of aliphatic hydroxyl groups excluding tert-OH is 1. The molecule has 0 aliphatic rings. The van der Waals surface area contributed by atoms with Crippen molar-refractivity contribution in [1.29, 1.82) is 0 Å². The molecular formula is C12H25NO3. The van der Waals surface area contributed by atoms with Gasteiger partial charge in [-0.3, -0.25) is 0 Å². The monoisotopic (exact) mass is 231 g/mol. The molecule has 0 heterocycles. The van der Waals surface area contributed by atoms with E-state index in [4.69, 9.17) is 4.74 Å². The summed E-state index contributed by atoms with van der Waals surface area (Å²) >= 11 is 0. The van der Waals surface area contributed by atoms with Crippen molar-refractivity contribution in [2.75, 3.05) is 6.61 Å². The Morgan fingerprint density at radius 3 is 2.12 bits per heavy atom. The number of alkyl carbamates (subject to hydrolysis) is 1. The molecule has 0 aliphatic carbocycles. The normalized spacial score (nSPS) is 15.8. The van der Waals surface area contributed by atoms with Crippen molar-refractivity contribution in [3.63, 3.8) is 0 Å². The highest BCUT2D eigenvalue weighted by atomic mass is 16.6. The molecule has 0 aromatic heterocycles. The van der Waals surface area contributed by atoms with E-state index < -0.39 is 11.7 Å². The van der Waals surface area contributed by atoms with E-state index in [2.05, 4.69) is 5.32 Å². The minimum Gasteiger partial charge on any atom is -0.441 e. The fourth-order valence-corrected chi connectivity index (χ4v) is 1.56. The number of amides is 1. The zero-order chi connectivity index (χ0) is 13.0. The van der Waals surface area contributed by atoms with Crippen LogP contribution in [0, 0.1) is 5.92 Å². The number of nitrogens with one attached hydrogen (secondary N) is 1. The van der Waals surface area contributed by atoms with E-state index in [1.54, 1.807) is 6.92 Å². The first-order chi connectivity index (χ1) is 7.08. The van der Waals surface area contributed by atoms with Crippen molar-refractivity contribution < 1.29 is 14.6 Å². The Balaban J connectivity index is 4.37. The van der Waals surface area contributed by atoms with Gasteiger partial charge >= 0.3 is 6.09 Å². The summed E-state index contributed by atoms with van der Waals surface area (Å²) in [5.74, 6) is 0.361. The maximum absolute atomic E-state index is 11.6. The standard InChI is InChI=1S/C12H25NO3/c1-9(2)7-12(6,8-14)16-10(15)13-11(3,4)5/h9,14H,7-8H2,1-6H3,(H,13,15)/t12-/m0/s1. The molecule has 16 heavy (non-hydrogen) atoms. The Morgan fingerprint density at radius 1 is 1.31 bits per heavy atom. The second-order valence-corrected chi connectivity index (χ2v) is 5.97. The topological polar surface area (TPSA) is 58.6 Å². The van der Waals surface area contributed by atoms with Gasteiger partial charge in [-0.15, -0.1) is 0 Å². The van der Waals surface area contributed by atoms with Crippen molar-refractivity contribution >= 4 is 6.09 Å². The first kappa shape index (κ1) is 15.2. The van der Waals surface area contributed by atoms with Crippen LogP contribution in [0.3, 0.4) is 0 Å². The number of carbonyl (C=O) groups is 1. The maximum atomic E-state index is 11.6. The van der Waals surface area contributed by atoms with E-state index in [0.717, 1.165) is 0 Å². The van der Waals surface area contributed by atoms with Crippen molar-refractivity contribution in [2.24, 2.45) is 5.92 Å². The van der Waals surface area contributed by atoms with E-state index in [9.17, 15) is 9.90 Å². The fourth-order valence-electron chi connectivity index (χ4n) is 1.56. The molecular weight excluding hydrogens is 206 g/mol. The number of hydrogen-bond acceptors (Lipinski definition) is 3. The summed E-state index contributed by atoms with van der Waals surface area (Å²) in [5.41, 5.74) is -1.13. The van der Waals surface area contributed by atoms with E-state index in [1.165, 1.54) is 0 Å². The second kappa shape index (κ2) is 5.53. The van der Waals surface area contributed by atoms with E-state index >= 15 is 0 Å². The van der Waals surface area contributed by atoms with Crippen LogP contribution in [0.25, 0.3) is 0 Å². The van der Waals surface area contributed by atoms with Gasteiger partial charge in [-0.2, -0.15) is 0 Å². The smallest absolute Gasteiger partial charge is 0.408 e. The van der Waals surface area contributed by atoms with Gasteiger partial charge in [0.05, 0.1) is 6.61 Å². The molecule has 0 saturated carbocycles. The summed E-state index contributed by atoms with van der Waals surface area (Å²) in [6.07, 6.45) is 0.158. The molecule has 0 spiro atoms. The van der Waals surface area contributed by atoms with Crippen molar-refractivity contribution in [1.82, 2.24) is 5.32 Å². The van der Waals surface area contributed by atoms with Gasteiger partial charge in [0, 0.05) is 5.54 Å². The minimum absolute atomic E-state index is 0.164. The van der Waals surface area contributed by atoms with Gasteiger partial charge in [0.25, 0.3) is 0 Å². The second-order valence-electron chi connectivity index (χ2n) is 5.97. The predicted molar refractivity (Wildman–Crippen MR) is 64.3 cm³/mol. The molecule has 0 unspecified atom stereocenters. The first-order valence-corrected chi connectivity index (χ1v) is 5.70. The van der Waals surface area contributed by atoms with E-state index in [-0.39, 0.29) is 12.1 Å². The summed E-state index contributed by atoms with van der Waals surface area (Å²) in [6.45, 7) is 11.3. The van der Waals surface area contributed by atoms with Gasteiger partial charge in [-0.05, 0) is 40.0 Å². The van der Waals surface area contributed by atoms with Crippen molar-refractivity contribution in [3.05, 3.63) is 0 Å². The van der Waals surface area contributed by atoms with Crippen LogP contribution >= 0.6 is 0 Å². The molecule has 4 nitrogen and oxygen atoms in total. The molecule has 0 rings (SSSR count). The molecule has 0 radical (unpaired) electrons. The Morgan fingerprint density at radius 2 is 1.81 bits per heavy atom. The summed E-state index contributed by atoms with van der Waals surface area (Å²) in [6, 6.07) is 0. The Labute approximate surface area is 98.4 Å². The van der Waals surface area contributed by atoms with Crippen molar-refractivity contribution in [3.8, 4) is 0 Å². The van der Waals surface area contributed by atoms with Crippen LogP contribution in [0.5, 0.6) is 0 Å². The number of carbonyl (C=O) groups excluding carboxylic acids is 1. The molecule has 1 atom stereocenters. The maximum Gasteiger partial charge on any atom is 0.408 e. The lowest BCUT2D eigenvalue weighted by molar-refractivity contribution is -0.0321. The molecule has 0 aromatic rings. The van der Waals surface area contributed by atoms with Gasteiger partial charge < -0.3 is 15.2 Å². The molecule has 0 bridgehead atoms. The zero-order valence-electron chi connectivity index (χ0n) is 11.3. The quantitative estimate of drug-likeness (QED) is 0.780. The van der Waals surface area contributed by atoms with E-state index in [0.29, 0.717) is 12.3 Å². The fraction of sp³-hybridized carbons (Fsp3) is 0.917. The number of ether oxygens (including phenoxy) is 1. The lowest BCUT2D eigenvalue weighted by Gasteiger charge is -2.31. The largest absolute Gasteiger partial charge is 0.441 e. The van der Waals surface area contributed by atoms with Crippen LogP contribution in [0.15, 0.2) is 0 Å². The summed E-state index contributed by atoms with van der Waals surface area (Å²) in [4.78, 5) is 11.6. The molecule has 2 N–H and O–H groups in total. The number of rotatable bonds is 4. The third-order valence-corrected chi connectivity index (χ3v) is 1.99. The third-order valence-electron chi connectivity index (χ3n) is 1.99. The minimum atomic E-state index is -0.802. The Kier molecular flexibility index (Phi) is 5.26. The summed E-state index contributed by atoms with van der Waals surface area (Å²) in [7, 11) is 0. The average molecular weight is 231 g/mol. The first-order valence-electron chi connectivity index (χ1n) is 5.70. The van der Waals surface area contributed by atoms with Crippen LogP contribution in [0.1, 0.15) is 48.0 Å². The van der Waals surface area contributed by atoms with Crippen LogP contribution in [0.2, 0.25) is 0 Å². The lowest BCUT2D eigenvalue weighted by atomic mass is 9.95. The third kappa shape index (κ3) is 6.67. The summed E-state index contributed by atoms with van der Waals surface area (Å²) < 4.78 is 5.27. The van der Waals surface area contributed by atoms with Crippen LogP contribution in [-0.2, 0) is 4.74 Å². The highest BCUT2D eigenvalue weighted by molar-refractivity contribution is 5.68. The number of hydrogen-bond donors (Lipinski definition) is 2. The number of aliphatic hydroxyl groups is 1. The lowest BCUT2D eigenvalue weighted by Crippen LogP contribution is -2.46. The molecule has 96 valence electrons. The van der Waals surface area contributed by atoms with Crippen LogP contribution < -0.4 is 5.32 Å². The van der Waals surface area contributed by atoms with E-state index in [1.807, 2.05) is 34.6 Å². The molecule has 4 heteroatoms. The average Bonchev–Trinajstić information content (AvgIpc) is 1.98. The molecule has 0 aromatic carbocycles. The van der Waals surface area contributed by atoms with Gasteiger partial charge in [-0.1, -0.05) is 13.8 Å². The zero-order valence-corrected chi connectivity index (χ0v) is 11.3. The van der Waals surface area contributed by atoms with Crippen molar-refractivity contribution in [2.45, 2.75) is 59.1 Å². The molecule has 0 saturated heterocycles.